The van der Waals surface area contributed by atoms with Crippen LogP contribution >= 0.6 is 0 Å². The third-order valence-electron chi connectivity index (χ3n) is 3.45. The number of hydrogen-bond donors (Lipinski definition) is 0. The molecule has 0 spiro atoms. The molecule has 4 heteroatoms. The summed E-state index contributed by atoms with van der Waals surface area (Å²) in [5.41, 5.74) is 0.184. The zero-order valence-corrected chi connectivity index (χ0v) is 15.3. The highest BCUT2D eigenvalue weighted by Crippen LogP contribution is 2.30. The Labute approximate surface area is 126 Å². The van der Waals surface area contributed by atoms with Gasteiger partial charge in [-0.15, -0.1) is 0 Å². The Morgan fingerprint density at radius 2 is 1.60 bits per heavy atom. The third kappa shape index (κ3) is 9.76. The summed E-state index contributed by atoms with van der Waals surface area (Å²) in [5, 5.41) is 0. The summed E-state index contributed by atoms with van der Waals surface area (Å²) in [4.78, 5) is 0. The molecule has 0 aromatic carbocycles. The van der Waals surface area contributed by atoms with E-state index in [1.54, 1.807) is 0 Å². The third-order valence-corrected chi connectivity index (χ3v) is 5.27. The van der Waals surface area contributed by atoms with Crippen LogP contribution in [0.2, 0.25) is 0 Å². The molecule has 0 saturated heterocycles. The van der Waals surface area contributed by atoms with Gasteiger partial charge in [-0.25, -0.2) is 8.42 Å². The van der Waals surface area contributed by atoms with Crippen molar-refractivity contribution >= 4 is 9.84 Å². The Balaban J connectivity index is 4.14. The average molecular weight is 307 g/mol. The molecule has 20 heavy (non-hydrogen) atoms. The molecule has 0 rings (SSSR count). The van der Waals surface area contributed by atoms with Gasteiger partial charge in [0, 0.05) is 6.61 Å². The van der Waals surface area contributed by atoms with Crippen LogP contribution in [0.15, 0.2) is 0 Å². The fourth-order valence-corrected chi connectivity index (χ4v) is 4.20. The second kappa shape index (κ2) is 7.79. The molecule has 122 valence electrons. The first-order chi connectivity index (χ1) is 8.87. The molecule has 1 unspecified atom stereocenters. The normalized spacial score (nSPS) is 15.3. The van der Waals surface area contributed by atoms with Gasteiger partial charge in [-0.3, -0.25) is 0 Å². The Bertz CT molecular complexity index is 358. The van der Waals surface area contributed by atoms with E-state index in [2.05, 4.69) is 48.5 Å². The number of hydrogen-bond acceptors (Lipinski definition) is 3. The van der Waals surface area contributed by atoms with E-state index in [1.165, 1.54) is 0 Å². The quantitative estimate of drug-likeness (QED) is 0.638. The summed E-state index contributed by atoms with van der Waals surface area (Å²) < 4.78 is 29.8. The molecule has 0 aliphatic carbocycles. The Hall–Kier alpha value is -0.0900. The summed E-state index contributed by atoms with van der Waals surface area (Å²) in [6.07, 6.45) is 1.50. The van der Waals surface area contributed by atoms with Gasteiger partial charge in [0.2, 0.25) is 0 Å². The largest absolute Gasteiger partial charge is 0.381 e. The predicted molar refractivity (Wildman–Crippen MR) is 86.8 cm³/mol. The minimum absolute atomic E-state index is 0.0462. The lowest BCUT2D eigenvalue weighted by atomic mass is 9.80. The highest BCUT2D eigenvalue weighted by molar-refractivity contribution is 7.91. The molecule has 0 aliphatic heterocycles. The van der Waals surface area contributed by atoms with Gasteiger partial charge in [-0.1, -0.05) is 54.9 Å². The number of ether oxygens (including phenoxy) is 1. The van der Waals surface area contributed by atoms with Crippen molar-refractivity contribution in [3.8, 4) is 0 Å². The lowest BCUT2D eigenvalue weighted by molar-refractivity contribution is 0.0720. The van der Waals surface area contributed by atoms with E-state index in [0.717, 1.165) is 6.42 Å². The van der Waals surface area contributed by atoms with Crippen LogP contribution in [0, 0.1) is 16.7 Å². The summed E-state index contributed by atoms with van der Waals surface area (Å²) >= 11 is 0. The first-order valence-electron chi connectivity index (χ1n) is 7.65. The van der Waals surface area contributed by atoms with E-state index in [4.69, 9.17) is 4.74 Å². The van der Waals surface area contributed by atoms with Crippen LogP contribution < -0.4 is 0 Å². The van der Waals surface area contributed by atoms with Crippen LogP contribution in [-0.2, 0) is 14.6 Å². The van der Waals surface area contributed by atoms with E-state index < -0.39 is 9.84 Å². The highest BCUT2D eigenvalue weighted by Gasteiger charge is 2.27. The first-order valence-corrected chi connectivity index (χ1v) is 9.48. The van der Waals surface area contributed by atoms with Crippen molar-refractivity contribution in [2.45, 2.75) is 61.3 Å². The molecular formula is C16H34O3S. The SMILES string of the molecule is CCC(CS(=O)(=O)CCCOCC(C)(C)C)C(C)(C)C. The lowest BCUT2D eigenvalue weighted by Crippen LogP contribution is -2.29. The molecule has 0 saturated carbocycles. The second-order valence-corrected chi connectivity index (χ2v) is 10.3. The monoisotopic (exact) mass is 306 g/mol. The van der Waals surface area contributed by atoms with Crippen LogP contribution in [0.3, 0.4) is 0 Å². The minimum Gasteiger partial charge on any atom is -0.381 e. The molecule has 0 bridgehead atoms. The van der Waals surface area contributed by atoms with Gasteiger partial charge >= 0.3 is 0 Å². The molecule has 0 aromatic heterocycles. The van der Waals surface area contributed by atoms with Crippen molar-refractivity contribution in [2.75, 3.05) is 24.7 Å². The molecule has 0 amide bonds. The van der Waals surface area contributed by atoms with Crippen molar-refractivity contribution in [3.05, 3.63) is 0 Å². The Kier molecular flexibility index (Phi) is 7.75. The van der Waals surface area contributed by atoms with Gasteiger partial charge in [-0.2, -0.15) is 0 Å². The van der Waals surface area contributed by atoms with Gasteiger partial charge in [-0.05, 0) is 23.2 Å². The highest BCUT2D eigenvalue weighted by atomic mass is 32.2. The van der Waals surface area contributed by atoms with Gasteiger partial charge in [0.25, 0.3) is 0 Å². The molecule has 0 fully saturated rings. The molecular weight excluding hydrogens is 272 g/mol. The zero-order chi connectivity index (χ0) is 16.0. The minimum atomic E-state index is -2.97. The maximum atomic E-state index is 12.2. The van der Waals surface area contributed by atoms with E-state index >= 15 is 0 Å². The molecule has 0 radical (unpaired) electrons. The predicted octanol–water partition coefficient (Wildman–Crippen LogP) is 3.93. The Morgan fingerprint density at radius 3 is 2.00 bits per heavy atom. The van der Waals surface area contributed by atoms with Crippen molar-refractivity contribution in [1.29, 1.82) is 0 Å². The average Bonchev–Trinajstić information content (AvgIpc) is 2.22. The molecule has 0 heterocycles. The fraction of sp³-hybridized carbons (Fsp3) is 1.00. The smallest absolute Gasteiger partial charge is 0.150 e. The maximum Gasteiger partial charge on any atom is 0.150 e. The van der Waals surface area contributed by atoms with Crippen LogP contribution in [0.1, 0.15) is 61.3 Å². The van der Waals surface area contributed by atoms with Crippen LogP contribution in [0.5, 0.6) is 0 Å². The fourth-order valence-electron chi connectivity index (χ4n) is 2.13. The summed E-state index contributed by atoms with van der Waals surface area (Å²) in [7, 11) is -2.97. The van der Waals surface area contributed by atoms with Crippen molar-refractivity contribution in [2.24, 2.45) is 16.7 Å². The molecule has 0 aromatic rings. The maximum absolute atomic E-state index is 12.2. The number of rotatable bonds is 8. The molecule has 1 atom stereocenters. The van der Waals surface area contributed by atoms with Crippen LogP contribution in [0.25, 0.3) is 0 Å². The Morgan fingerprint density at radius 1 is 1.05 bits per heavy atom. The van der Waals surface area contributed by atoms with Gasteiger partial charge in [0.1, 0.15) is 0 Å². The zero-order valence-electron chi connectivity index (χ0n) is 14.5. The molecule has 0 N–H and O–H groups in total. The van der Waals surface area contributed by atoms with E-state index in [-0.39, 0.29) is 22.5 Å². The standard InChI is InChI=1S/C16H34O3S/c1-8-14(16(5,6)7)12-20(17,18)11-9-10-19-13-15(2,3)4/h14H,8-13H2,1-7H3. The summed E-state index contributed by atoms with van der Waals surface area (Å²) in [6, 6.07) is 0. The molecule has 0 aliphatic rings. The first kappa shape index (κ1) is 19.9. The molecule has 3 nitrogen and oxygen atoms in total. The van der Waals surface area contributed by atoms with E-state index in [1.807, 2.05) is 0 Å². The van der Waals surface area contributed by atoms with Crippen LogP contribution in [-0.4, -0.2) is 33.1 Å². The summed E-state index contributed by atoms with van der Waals surface area (Å²) in [6.45, 7) is 15.9. The van der Waals surface area contributed by atoms with E-state index in [9.17, 15) is 8.42 Å². The van der Waals surface area contributed by atoms with Gasteiger partial charge in [0.15, 0.2) is 9.84 Å². The van der Waals surface area contributed by atoms with Crippen LogP contribution in [0.4, 0.5) is 0 Å². The topological polar surface area (TPSA) is 43.4 Å². The second-order valence-electron chi connectivity index (χ2n) is 8.05. The van der Waals surface area contributed by atoms with E-state index in [0.29, 0.717) is 25.4 Å². The van der Waals surface area contributed by atoms with Crippen molar-refractivity contribution in [1.82, 2.24) is 0 Å². The van der Waals surface area contributed by atoms with Crippen molar-refractivity contribution in [3.63, 3.8) is 0 Å². The van der Waals surface area contributed by atoms with Gasteiger partial charge < -0.3 is 4.74 Å². The van der Waals surface area contributed by atoms with Gasteiger partial charge in [0.05, 0.1) is 18.1 Å². The number of sulfone groups is 1. The summed E-state index contributed by atoms with van der Waals surface area (Å²) in [5.74, 6) is 0.763. The van der Waals surface area contributed by atoms with Crippen molar-refractivity contribution < 1.29 is 13.2 Å². The lowest BCUT2D eigenvalue weighted by Gasteiger charge is -2.29.